The van der Waals surface area contributed by atoms with Crippen molar-refractivity contribution >= 4 is 16.3 Å². The van der Waals surface area contributed by atoms with E-state index in [4.69, 9.17) is 4.98 Å². The van der Waals surface area contributed by atoms with Crippen molar-refractivity contribution in [3.8, 4) is 0 Å². The number of nitrogens with one attached hydrogen (secondary N) is 1. The summed E-state index contributed by atoms with van der Waals surface area (Å²) in [6, 6.07) is 0.488. The Labute approximate surface area is 120 Å². The Kier molecular flexibility index (Phi) is 4.63. The summed E-state index contributed by atoms with van der Waals surface area (Å²) in [7, 11) is 0. The van der Waals surface area contributed by atoms with Gasteiger partial charge in [0.15, 0.2) is 4.96 Å². The van der Waals surface area contributed by atoms with Crippen LogP contribution in [-0.4, -0.2) is 22.0 Å². The van der Waals surface area contributed by atoms with E-state index >= 15 is 0 Å². The topological polar surface area (TPSA) is 29.3 Å². The Hall–Kier alpha value is -0.870. The third kappa shape index (κ3) is 3.37. The Morgan fingerprint density at radius 3 is 2.84 bits per heavy atom. The molecular weight excluding hydrogens is 254 g/mol. The van der Waals surface area contributed by atoms with Crippen LogP contribution in [0.2, 0.25) is 0 Å². The van der Waals surface area contributed by atoms with Crippen LogP contribution in [0, 0.1) is 5.41 Å². The van der Waals surface area contributed by atoms with Gasteiger partial charge in [-0.1, -0.05) is 27.7 Å². The fourth-order valence-corrected chi connectivity index (χ4v) is 2.99. The number of thiazole rings is 1. The summed E-state index contributed by atoms with van der Waals surface area (Å²) in [4.78, 5) is 5.81. The molecule has 2 aromatic heterocycles. The molecule has 3 nitrogen and oxygen atoms in total. The second kappa shape index (κ2) is 6.06. The minimum Gasteiger partial charge on any atom is -0.313 e. The molecule has 0 aromatic carbocycles. The molecule has 0 fully saturated rings. The third-order valence-electron chi connectivity index (χ3n) is 4.05. The van der Waals surface area contributed by atoms with Crippen molar-refractivity contribution < 1.29 is 0 Å². The maximum Gasteiger partial charge on any atom is 0.193 e. The normalized spacial score (nSPS) is 14.1. The van der Waals surface area contributed by atoms with Crippen molar-refractivity contribution in [1.82, 2.24) is 14.7 Å². The molecule has 0 radical (unpaired) electrons. The summed E-state index contributed by atoms with van der Waals surface area (Å²) in [6.45, 7) is 10.3. The van der Waals surface area contributed by atoms with Crippen molar-refractivity contribution in [1.29, 1.82) is 0 Å². The molecule has 0 saturated carbocycles. The van der Waals surface area contributed by atoms with Crippen LogP contribution in [0.1, 0.15) is 46.2 Å². The van der Waals surface area contributed by atoms with Gasteiger partial charge in [-0.15, -0.1) is 11.3 Å². The summed E-state index contributed by atoms with van der Waals surface area (Å²) in [5, 5.41) is 5.78. The first kappa shape index (κ1) is 14.5. The van der Waals surface area contributed by atoms with Crippen molar-refractivity contribution in [2.75, 3.05) is 6.54 Å². The van der Waals surface area contributed by atoms with E-state index in [1.807, 2.05) is 0 Å². The average Bonchev–Trinajstić information content (AvgIpc) is 2.94. The molecule has 1 N–H and O–H groups in total. The van der Waals surface area contributed by atoms with E-state index in [1.54, 1.807) is 11.3 Å². The molecule has 4 heteroatoms. The van der Waals surface area contributed by atoms with Crippen LogP contribution in [0.3, 0.4) is 0 Å². The van der Waals surface area contributed by atoms with Crippen LogP contribution in [0.25, 0.3) is 4.96 Å². The second-order valence-electron chi connectivity index (χ2n) is 5.88. The van der Waals surface area contributed by atoms with E-state index in [9.17, 15) is 0 Å². The van der Waals surface area contributed by atoms with Crippen LogP contribution < -0.4 is 5.32 Å². The fourth-order valence-electron chi connectivity index (χ4n) is 2.27. The predicted molar refractivity (Wildman–Crippen MR) is 82.9 cm³/mol. The van der Waals surface area contributed by atoms with E-state index < -0.39 is 0 Å². The van der Waals surface area contributed by atoms with Gasteiger partial charge < -0.3 is 5.32 Å². The maximum absolute atomic E-state index is 4.71. The molecule has 0 spiro atoms. The first-order valence-electron chi connectivity index (χ1n) is 7.21. The molecule has 0 bridgehead atoms. The molecule has 1 atom stereocenters. The maximum atomic E-state index is 4.71. The standard InChI is InChI=1S/C15H25N3S/c1-5-7-16-13(15(3,4)6-2)10-12-11-18-8-9-19-14(18)17-12/h8-9,11,13,16H,5-7,10H2,1-4H3. The smallest absolute Gasteiger partial charge is 0.193 e. The van der Waals surface area contributed by atoms with E-state index in [-0.39, 0.29) is 0 Å². The molecule has 106 valence electrons. The zero-order valence-corrected chi connectivity index (χ0v) is 13.3. The highest BCUT2D eigenvalue weighted by Crippen LogP contribution is 2.27. The van der Waals surface area contributed by atoms with Crippen molar-refractivity contribution in [2.45, 2.75) is 53.0 Å². The fraction of sp³-hybridized carbons (Fsp3) is 0.667. The predicted octanol–water partition coefficient (Wildman–Crippen LogP) is 3.74. The van der Waals surface area contributed by atoms with Gasteiger partial charge in [0.05, 0.1) is 5.69 Å². The summed E-state index contributed by atoms with van der Waals surface area (Å²) in [5.74, 6) is 0. The van der Waals surface area contributed by atoms with Crippen LogP contribution in [0.4, 0.5) is 0 Å². The van der Waals surface area contributed by atoms with E-state index in [1.165, 1.54) is 18.5 Å². The zero-order valence-electron chi connectivity index (χ0n) is 12.4. The number of hydrogen-bond acceptors (Lipinski definition) is 3. The van der Waals surface area contributed by atoms with Crippen molar-refractivity contribution in [2.24, 2.45) is 5.41 Å². The van der Waals surface area contributed by atoms with Crippen molar-refractivity contribution in [3.63, 3.8) is 0 Å². The Morgan fingerprint density at radius 1 is 1.42 bits per heavy atom. The van der Waals surface area contributed by atoms with E-state index in [2.05, 4.69) is 55.2 Å². The summed E-state index contributed by atoms with van der Waals surface area (Å²) >= 11 is 1.70. The van der Waals surface area contributed by atoms with Gasteiger partial charge in [-0.3, -0.25) is 4.40 Å². The van der Waals surface area contributed by atoms with Gasteiger partial charge in [0.25, 0.3) is 0 Å². The monoisotopic (exact) mass is 279 g/mol. The van der Waals surface area contributed by atoms with Gasteiger partial charge >= 0.3 is 0 Å². The second-order valence-corrected chi connectivity index (χ2v) is 6.75. The summed E-state index contributed by atoms with van der Waals surface area (Å²) < 4.78 is 2.12. The number of aromatic nitrogens is 2. The highest BCUT2D eigenvalue weighted by molar-refractivity contribution is 7.15. The van der Waals surface area contributed by atoms with Gasteiger partial charge in [0.2, 0.25) is 0 Å². The highest BCUT2D eigenvalue weighted by atomic mass is 32.1. The van der Waals surface area contributed by atoms with Gasteiger partial charge in [-0.25, -0.2) is 4.98 Å². The van der Waals surface area contributed by atoms with Crippen molar-refractivity contribution in [3.05, 3.63) is 23.5 Å². The first-order chi connectivity index (χ1) is 9.06. The molecule has 2 rings (SSSR count). The number of nitrogens with zero attached hydrogens (tertiary/aromatic N) is 2. The molecule has 2 aromatic rings. The van der Waals surface area contributed by atoms with Crippen LogP contribution >= 0.6 is 11.3 Å². The molecule has 0 saturated heterocycles. The third-order valence-corrected chi connectivity index (χ3v) is 4.82. The molecule has 0 aliphatic carbocycles. The molecule has 0 amide bonds. The molecule has 0 aliphatic heterocycles. The molecule has 19 heavy (non-hydrogen) atoms. The van der Waals surface area contributed by atoms with Crippen LogP contribution in [-0.2, 0) is 6.42 Å². The van der Waals surface area contributed by atoms with Gasteiger partial charge in [-0.05, 0) is 24.8 Å². The molecule has 0 aliphatic rings. The first-order valence-corrected chi connectivity index (χ1v) is 8.09. The SMILES string of the molecule is CCCNC(Cc1cn2ccsc2n1)C(C)(C)CC. The number of imidazole rings is 1. The molecular formula is C15H25N3S. The lowest BCUT2D eigenvalue weighted by Crippen LogP contribution is -2.43. The largest absolute Gasteiger partial charge is 0.313 e. The number of rotatable bonds is 7. The minimum absolute atomic E-state index is 0.298. The lowest BCUT2D eigenvalue weighted by molar-refractivity contribution is 0.229. The minimum atomic E-state index is 0.298. The lowest BCUT2D eigenvalue weighted by atomic mass is 9.79. The Balaban J connectivity index is 2.12. The molecule has 1 unspecified atom stereocenters. The molecule has 2 heterocycles. The summed E-state index contributed by atoms with van der Waals surface area (Å²) in [6.07, 6.45) is 7.61. The average molecular weight is 279 g/mol. The number of fused-ring (bicyclic) bond motifs is 1. The Morgan fingerprint density at radius 2 is 2.21 bits per heavy atom. The van der Waals surface area contributed by atoms with E-state index in [0.29, 0.717) is 11.5 Å². The Bertz CT molecular complexity index is 484. The lowest BCUT2D eigenvalue weighted by Gasteiger charge is -2.34. The zero-order chi connectivity index (χ0) is 13.9. The van der Waals surface area contributed by atoms with Gasteiger partial charge in [0.1, 0.15) is 0 Å². The quantitative estimate of drug-likeness (QED) is 0.836. The number of hydrogen-bond donors (Lipinski definition) is 1. The van der Waals surface area contributed by atoms with E-state index in [0.717, 1.165) is 17.9 Å². The van der Waals surface area contributed by atoms with Gasteiger partial charge in [-0.2, -0.15) is 0 Å². The summed E-state index contributed by atoms with van der Waals surface area (Å²) in [5.41, 5.74) is 1.49. The van der Waals surface area contributed by atoms with Crippen LogP contribution in [0.5, 0.6) is 0 Å². The highest BCUT2D eigenvalue weighted by Gasteiger charge is 2.28. The van der Waals surface area contributed by atoms with Gasteiger partial charge in [0, 0.05) is 30.2 Å². The van der Waals surface area contributed by atoms with Crippen LogP contribution in [0.15, 0.2) is 17.8 Å².